The predicted molar refractivity (Wildman–Crippen MR) is 136 cm³/mol. The topological polar surface area (TPSA) is 84.3 Å². The lowest BCUT2D eigenvalue weighted by Gasteiger charge is -2.36. The van der Waals surface area contributed by atoms with Crippen molar-refractivity contribution < 1.29 is 9.53 Å². The van der Waals surface area contributed by atoms with Gasteiger partial charge in [0, 0.05) is 50.6 Å². The molecule has 1 fully saturated rings. The van der Waals surface area contributed by atoms with Crippen LogP contribution in [0.5, 0.6) is 5.88 Å². The Morgan fingerprint density at radius 1 is 1.20 bits per heavy atom. The van der Waals surface area contributed by atoms with Gasteiger partial charge in [0.05, 0.1) is 24.5 Å². The van der Waals surface area contributed by atoms with Gasteiger partial charge in [0.15, 0.2) is 0 Å². The molecular weight excluding hydrogens is 440 g/mol. The van der Waals surface area contributed by atoms with Gasteiger partial charge in [-0.1, -0.05) is 37.3 Å². The molecule has 5 rings (SSSR count). The van der Waals surface area contributed by atoms with Gasteiger partial charge in [0.1, 0.15) is 6.10 Å². The second-order valence-electron chi connectivity index (χ2n) is 9.86. The van der Waals surface area contributed by atoms with E-state index in [0.29, 0.717) is 30.7 Å². The van der Waals surface area contributed by atoms with E-state index in [1.807, 2.05) is 43.7 Å². The number of hydrogen-bond donors (Lipinski definition) is 2. The van der Waals surface area contributed by atoms with Crippen molar-refractivity contribution in [3.05, 3.63) is 60.6 Å². The van der Waals surface area contributed by atoms with Crippen molar-refractivity contribution in [1.82, 2.24) is 25.0 Å². The number of pyridine rings is 1. The second kappa shape index (κ2) is 10.1. The summed E-state index contributed by atoms with van der Waals surface area (Å²) < 4.78 is 8.22. The summed E-state index contributed by atoms with van der Waals surface area (Å²) in [6.07, 6.45) is 7.22. The molecule has 4 heterocycles. The lowest BCUT2D eigenvalue weighted by Crippen LogP contribution is -2.45. The van der Waals surface area contributed by atoms with Gasteiger partial charge < -0.3 is 20.3 Å². The number of carbonyl (C=O) groups is 1. The fourth-order valence-corrected chi connectivity index (χ4v) is 5.04. The first-order chi connectivity index (χ1) is 17.0. The number of likely N-dealkylation sites (tertiary alicyclic amines) is 1. The van der Waals surface area contributed by atoms with Crippen LogP contribution in [0, 0.1) is 11.8 Å². The zero-order valence-electron chi connectivity index (χ0n) is 20.6. The van der Waals surface area contributed by atoms with Gasteiger partial charge >= 0.3 is 0 Å². The van der Waals surface area contributed by atoms with Gasteiger partial charge in [0.2, 0.25) is 11.8 Å². The lowest BCUT2D eigenvalue weighted by atomic mass is 9.84. The van der Waals surface area contributed by atoms with Gasteiger partial charge in [-0.05, 0) is 36.4 Å². The molecule has 3 aromatic rings. The Balaban J connectivity index is 1.30. The maximum Gasteiger partial charge on any atom is 0.237 e. The van der Waals surface area contributed by atoms with Crippen LogP contribution >= 0.6 is 0 Å². The van der Waals surface area contributed by atoms with Gasteiger partial charge in [-0.3, -0.25) is 9.48 Å². The number of nitrogens with one attached hydrogen (secondary N) is 2. The van der Waals surface area contributed by atoms with Crippen LogP contribution in [0.15, 0.2) is 55.0 Å². The van der Waals surface area contributed by atoms with Crippen molar-refractivity contribution in [1.29, 1.82) is 0 Å². The number of nitrogens with zero attached hydrogens (tertiary/aromatic N) is 4. The van der Waals surface area contributed by atoms with E-state index in [1.165, 1.54) is 5.56 Å². The first-order valence-electron chi connectivity index (χ1n) is 12.4. The highest BCUT2D eigenvalue weighted by atomic mass is 16.5. The van der Waals surface area contributed by atoms with E-state index < -0.39 is 0 Å². The number of ether oxygens (including phenoxy) is 1. The van der Waals surface area contributed by atoms with Crippen LogP contribution in [-0.2, 0) is 11.8 Å². The van der Waals surface area contributed by atoms with E-state index in [2.05, 4.69) is 58.0 Å². The minimum absolute atomic E-state index is 0.000987. The molecule has 1 aromatic carbocycles. The molecule has 0 saturated carbocycles. The highest BCUT2D eigenvalue weighted by Crippen LogP contribution is 2.34. The van der Waals surface area contributed by atoms with Crippen LogP contribution in [0.2, 0.25) is 0 Å². The van der Waals surface area contributed by atoms with Crippen LogP contribution in [0.1, 0.15) is 31.4 Å². The highest BCUT2D eigenvalue weighted by Gasteiger charge is 2.32. The summed E-state index contributed by atoms with van der Waals surface area (Å²) in [4.78, 5) is 18.7. The maximum absolute atomic E-state index is 12.2. The third-order valence-electron chi connectivity index (χ3n) is 7.34. The lowest BCUT2D eigenvalue weighted by molar-refractivity contribution is -0.134. The highest BCUT2D eigenvalue weighted by molar-refractivity contribution is 5.76. The molecule has 8 nitrogen and oxygen atoms in total. The quantitative estimate of drug-likeness (QED) is 0.545. The van der Waals surface area contributed by atoms with Crippen LogP contribution in [0.25, 0.3) is 11.1 Å². The maximum atomic E-state index is 12.2. The number of aryl methyl sites for hydroxylation is 1. The number of anilines is 1. The molecule has 0 bridgehead atoms. The fourth-order valence-electron chi connectivity index (χ4n) is 5.04. The minimum atomic E-state index is -0.118. The molecule has 1 amide bonds. The smallest absolute Gasteiger partial charge is 0.237 e. The number of carbonyl (C=O) groups excluding carboxylic acids is 1. The van der Waals surface area contributed by atoms with Crippen molar-refractivity contribution in [2.45, 2.75) is 31.9 Å². The molecule has 2 aliphatic rings. The van der Waals surface area contributed by atoms with Gasteiger partial charge in [-0.15, -0.1) is 0 Å². The van der Waals surface area contributed by atoms with E-state index >= 15 is 0 Å². The third-order valence-corrected chi connectivity index (χ3v) is 7.34. The summed E-state index contributed by atoms with van der Waals surface area (Å²) in [7, 11) is 3.80. The van der Waals surface area contributed by atoms with Crippen LogP contribution in [0.4, 0.5) is 5.69 Å². The molecule has 0 spiro atoms. The predicted octanol–water partition coefficient (Wildman–Crippen LogP) is 3.49. The molecule has 184 valence electrons. The Labute approximate surface area is 206 Å². The largest absolute Gasteiger partial charge is 0.469 e. The van der Waals surface area contributed by atoms with Gasteiger partial charge in [-0.2, -0.15) is 5.10 Å². The van der Waals surface area contributed by atoms with Crippen molar-refractivity contribution in [2.24, 2.45) is 18.9 Å². The van der Waals surface area contributed by atoms with E-state index in [1.54, 1.807) is 4.68 Å². The molecule has 2 aliphatic heterocycles. The molecule has 2 N–H and O–H groups in total. The summed E-state index contributed by atoms with van der Waals surface area (Å²) in [5.74, 6) is 1.66. The average Bonchev–Trinajstić information content (AvgIpc) is 3.32. The second-order valence-corrected chi connectivity index (χ2v) is 9.86. The number of piperidine rings is 1. The molecule has 0 aliphatic carbocycles. The van der Waals surface area contributed by atoms with Gasteiger partial charge in [-0.25, -0.2) is 4.98 Å². The molecule has 0 unspecified atom stereocenters. The Bertz CT molecular complexity index is 1160. The number of aromatic nitrogens is 3. The van der Waals surface area contributed by atoms with Crippen molar-refractivity contribution in [3.63, 3.8) is 0 Å². The standard InChI is InChI=1S/C27H34N6O2/c1-18(20-9-10-32(2)25(34)12-20)13-29-26(19-7-5-4-6-8-19)24-16-28-23-11-21(14-30-27(23)35-24)22-15-31-33(3)17-22/h4-8,11,14-15,17-18,20,24,26,28-29H,9-10,12-13,16H2,1-3H3/t18-,20+,24-,26+/m0/s1. The van der Waals surface area contributed by atoms with Gasteiger partial charge in [0.25, 0.3) is 0 Å². The van der Waals surface area contributed by atoms with Crippen LogP contribution < -0.4 is 15.4 Å². The van der Waals surface area contributed by atoms with Crippen LogP contribution in [-0.4, -0.2) is 58.4 Å². The Kier molecular flexibility index (Phi) is 6.72. The SMILES string of the molecule is C[C@@H](CN[C@H](c1ccccc1)[C@@H]1CNc2cc(-c3cnn(C)c3)cnc2O1)[C@@H]1CCN(C)C(=O)C1. The first kappa shape index (κ1) is 23.4. The zero-order valence-corrected chi connectivity index (χ0v) is 20.6. The Hall–Kier alpha value is -3.39. The first-order valence-corrected chi connectivity index (χ1v) is 12.4. The molecule has 1 saturated heterocycles. The number of hydrogen-bond acceptors (Lipinski definition) is 6. The monoisotopic (exact) mass is 474 g/mol. The van der Waals surface area contributed by atoms with E-state index in [4.69, 9.17) is 4.74 Å². The average molecular weight is 475 g/mol. The van der Waals surface area contributed by atoms with Crippen LogP contribution in [0.3, 0.4) is 0 Å². The third kappa shape index (κ3) is 5.17. The van der Waals surface area contributed by atoms with Crippen molar-refractivity contribution in [3.8, 4) is 17.0 Å². The zero-order chi connectivity index (χ0) is 24.4. The summed E-state index contributed by atoms with van der Waals surface area (Å²) >= 11 is 0. The van der Waals surface area contributed by atoms with E-state index in [-0.39, 0.29) is 18.1 Å². The molecule has 2 aromatic heterocycles. The summed E-state index contributed by atoms with van der Waals surface area (Å²) in [6, 6.07) is 12.5. The summed E-state index contributed by atoms with van der Waals surface area (Å²) in [5, 5.41) is 11.6. The van der Waals surface area contributed by atoms with E-state index in [9.17, 15) is 4.79 Å². The summed E-state index contributed by atoms with van der Waals surface area (Å²) in [6.45, 7) is 4.57. The number of amides is 1. The molecule has 8 heteroatoms. The minimum Gasteiger partial charge on any atom is -0.469 e. The Morgan fingerprint density at radius 2 is 2.03 bits per heavy atom. The summed E-state index contributed by atoms with van der Waals surface area (Å²) in [5.41, 5.74) is 4.11. The number of fused-ring (bicyclic) bond motifs is 1. The fraction of sp³-hybridized carbons (Fsp3) is 0.444. The number of benzene rings is 1. The molecule has 4 atom stereocenters. The number of rotatable bonds is 7. The van der Waals surface area contributed by atoms with Crippen molar-refractivity contribution in [2.75, 3.05) is 32.0 Å². The van der Waals surface area contributed by atoms with Crippen molar-refractivity contribution >= 4 is 11.6 Å². The molecule has 35 heavy (non-hydrogen) atoms. The normalized spacial score (nSPS) is 21.6. The Morgan fingerprint density at radius 3 is 2.77 bits per heavy atom. The molecule has 0 radical (unpaired) electrons. The molecular formula is C27H34N6O2. The van der Waals surface area contributed by atoms with E-state index in [0.717, 1.165) is 36.3 Å².